The highest BCUT2D eigenvalue weighted by Crippen LogP contribution is 2.31. The molecule has 1 aromatic heterocycles. The minimum absolute atomic E-state index is 0. The molecular formula is C21H25Cl2N3OS. The molecule has 4 nitrogen and oxygen atoms in total. The van der Waals surface area contributed by atoms with Gasteiger partial charge < -0.3 is 4.90 Å². The molecule has 28 heavy (non-hydrogen) atoms. The lowest BCUT2D eigenvalue weighted by molar-refractivity contribution is 0.0986. The number of aromatic nitrogens is 1. The lowest BCUT2D eigenvalue weighted by Gasteiger charge is -2.21. The van der Waals surface area contributed by atoms with Crippen molar-refractivity contribution in [3.05, 3.63) is 58.1 Å². The highest BCUT2D eigenvalue weighted by molar-refractivity contribution is 7.22. The van der Waals surface area contributed by atoms with Crippen LogP contribution in [0.3, 0.4) is 0 Å². The number of thiazole rings is 1. The summed E-state index contributed by atoms with van der Waals surface area (Å²) in [5.74, 6) is -0.0120. The second kappa shape index (κ2) is 9.70. The molecule has 150 valence electrons. The zero-order valence-corrected chi connectivity index (χ0v) is 18.9. The SMILES string of the molecule is Cc1ccc(C(=O)N(CCCN(C)C)c2nc3ccc(Cl)cc3s2)cc1C.Cl. The van der Waals surface area contributed by atoms with Gasteiger partial charge in [-0.25, -0.2) is 4.98 Å². The second-order valence-corrected chi connectivity index (χ2v) is 8.47. The summed E-state index contributed by atoms with van der Waals surface area (Å²) in [5.41, 5.74) is 3.86. The van der Waals surface area contributed by atoms with Gasteiger partial charge in [-0.15, -0.1) is 12.4 Å². The summed E-state index contributed by atoms with van der Waals surface area (Å²) in [7, 11) is 4.07. The Morgan fingerprint density at radius 2 is 1.82 bits per heavy atom. The van der Waals surface area contributed by atoms with Crippen molar-refractivity contribution in [1.82, 2.24) is 9.88 Å². The number of nitrogens with zero attached hydrogens (tertiary/aromatic N) is 3. The van der Waals surface area contributed by atoms with E-state index in [9.17, 15) is 4.79 Å². The van der Waals surface area contributed by atoms with E-state index >= 15 is 0 Å². The molecule has 1 amide bonds. The number of anilines is 1. The van der Waals surface area contributed by atoms with E-state index in [1.807, 2.05) is 57.4 Å². The van der Waals surface area contributed by atoms with Gasteiger partial charge >= 0.3 is 0 Å². The maximum Gasteiger partial charge on any atom is 0.260 e. The molecule has 0 unspecified atom stereocenters. The number of amides is 1. The van der Waals surface area contributed by atoms with E-state index in [0.29, 0.717) is 22.3 Å². The molecule has 0 spiro atoms. The monoisotopic (exact) mass is 437 g/mol. The van der Waals surface area contributed by atoms with E-state index < -0.39 is 0 Å². The van der Waals surface area contributed by atoms with Crippen molar-refractivity contribution in [2.45, 2.75) is 20.3 Å². The number of carbonyl (C=O) groups is 1. The Bertz CT molecular complexity index is 971. The minimum Gasteiger partial charge on any atom is -0.309 e. The van der Waals surface area contributed by atoms with Crippen LogP contribution in [0.25, 0.3) is 10.2 Å². The van der Waals surface area contributed by atoms with Crippen molar-refractivity contribution in [1.29, 1.82) is 0 Å². The van der Waals surface area contributed by atoms with Crippen LogP contribution in [0, 0.1) is 13.8 Å². The number of halogens is 2. The number of carbonyl (C=O) groups excluding carboxylic acids is 1. The molecule has 0 aliphatic rings. The predicted octanol–water partition coefficient (Wildman–Crippen LogP) is 5.59. The summed E-state index contributed by atoms with van der Waals surface area (Å²) >= 11 is 7.61. The Hall–Kier alpha value is -1.66. The third-order valence-electron chi connectivity index (χ3n) is 4.56. The van der Waals surface area contributed by atoms with Crippen LogP contribution in [0.1, 0.15) is 27.9 Å². The molecule has 2 aromatic carbocycles. The summed E-state index contributed by atoms with van der Waals surface area (Å²) in [5, 5.41) is 1.39. The van der Waals surface area contributed by atoms with Gasteiger partial charge in [-0.1, -0.05) is 29.0 Å². The van der Waals surface area contributed by atoms with Gasteiger partial charge in [0.15, 0.2) is 5.13 Å². The Labute approximate surface area is 181 Å². The van der Waals surface area contributed by atoms with Gasteiger partial charge in [0.2, 0.25) is 0 Å². The van der Waals surface area contributed by atoms with Crippen LogP contribution in [-0.4, -0.2) is 43.0 Å². The summed E-state index contributed by atoms with van der Waals surface area (Å²) in [4.78, 5) is 21.9. The number of fused-ring (bicyclic) bond motifs is 1. The number of benzene rings is 2. The first kappa shape index (κ1) is 22.6. The quantitative estimate of drug-likeness (QED) is 0.504. The van der Waals surface area contributed by atoms with Crippen molar-refractivity contribution in [3.8, 4) is 0 Å². The van der Waals surface area contributed by atoms with Crippen LogP contribution in [0.5, 0.6) is 0 Å². The minimum atomic E-state index is -0.0120. The van der Waals surface area contributed by atoms with Crippen molar-refractivity contribution >= 4 is 56.6 Å². The Morgan fingerprint density at radius 1 is 1.07 bits per heavy atom. The molecule has 0 radical (unpaired) electrons. The third-order valence-corrected chi connectivity index (χ3v) is 5.83. The first-order valence-electron chi connectivity index (χ1n) is 8.95. The molecule has 0 saturated heterocycles. The van der Waals surface area contributed by atoms with E-state index in [1.165, 1.54) is 16.9 Å². The summed E-state index contributed by atoms with van der Waals surface area (Å²) in [6, 6.07) is 11.5. The number of aryl methyl sites for hydroxylation is 2. The molecule has 0 aliphatic heterocycles. The van der Waals surface area contributed by atoms with Gasteiger partial charge in [0.1, 0.15) is 0 Å². The van der Waals surface area contributed by atoms with Gasteiger partial charge in [-0.05, 0) is 82.4 Å². The van der Waals surface area contributed by atoms with Crippen LogP contribution in [0.2, 0.25) is 5.02 Å². The topological polar surface area (TPSA) is 36.4 Å². The first-order chi connectivity index (χ1) is 12.8. The predicted molar refractivity (Wildman–Crippen MR) is 123 cm³/mol. The largest absolute Gasteiger partial charge is 0.309 e. The van der Waals surface area contributed by atoms with Crippen molar-refractivity contribution in [2.75, 3.05) is 32.1 Å². The van der Waals surface area contributed by atoms with Crippen LogP contribution < -0.4 is 4.90 Å². The molecule has 0 bridgehead atoms. The molecule has 3 rings (SSSR count). The number of hydrogen-bond donors (Lipinski definition) is 0. The maximum atomic E-state index is 13.3. The fourth-order valence-electron chi connectivity index (χ4n) is 2.86. The molecule has 0 N–H and O–H groups in total. The highest BCUT2D eigenvalue weighted by Gasteiger charge is 2.21. The molecule has 1 heterocycles. The highest BCUT2D eigenvalue weighted by atomic mass is 35.5. The fourth-order valence-corrected chi connectivity index (χ4v) is 4.13. The van der Waals surface area contributed by atoms with Gasteiger partial charge in [0.25, 0.3) is 5.91 Å². The second-order valence-electron chi connectivity index (χ2n) is 7.02. The molecule has 0 saturated carbocycles. The van der Waals surface area contributed by atoms with Gasteiger partial charge in [0.05, 0.1) is 10.2 Å². The van der Waals surface area contributed by atoms with Gasteiger partial charge in [-0.3, -0.25) is 9.69 Å². The van der Waals surface area contributed by atoms with E-state index in [1.54, 1.807) is 4.90 Å². The Kier molecular flexibility index (Phi) is 7.84. The van der Waals surface area contributed by atoms with Crippen LogP contribution >= 0.6 is 35.3 Å². The number of rotatable bonds is 6. The Morgan fingerprint density at radius 3 is 2.50 bits per heavy atom. The molecule has 0 atom stereocenters. The van der Waals surface area contributed by atoms with Gasteiger partial charge in [-0.2, -0.15) is 0 Å². The first-order valence-corrected chi connectivity index (χ1v) is 10.1. The molecule has 3 aromatic rings. The zero-order chi connectivity index (χ0) is 19.6. The van der Waals surface area contributed by atoms with E-state index in [0.717, 1.165) is 28.7 Å². The normalized spacial score (nSPS) is 10.9. The van der Waals surface area contributed by atoms with Gasteiger partial charge in [0, 0.05) is 17.1 Å². The smallest absolute Gasteiger partial charge is 0.260 e. The lowest BCUT2D eigenvalue weighted by atomic mass is 10.1. The summed E-state index contributed by atoms with van der Waals surface area (Å²) in [6.45, 7) is 5.61. The standard InChI is InChI=1S/C21H24ClN3OS.ClH/c1-14-6-7-16(12-15(14)2)20(26)25(11-5-10-24(3)4)21-23-18-9-8-17(22)13-19(18)27-21;/h6-9,12-13H,5,10-11H2,1-4H3;1H. The molecule has 0 fully saturated rings. The molecule has 7 heteroatoms. The average molecular weight is 438 g/mol. The van der Waals surface area contributed by atoms with Crippen molar-refractivity contribution in [2.24, 2.45) is 0 Å². The van der Waals surface area contributed by atoms with Crippen molar-refractivity contribution in [3.63, 3.8) is 0 Å². The maximum absolute atomic E-state index is 13.3. The van der Waals surface area contributed by atoms with E-state index in [2.05, 4.69) is 16.8 Å². The number of hydrogen-bond acceptors (Lipinski definition) is 4. The van der Waals surface area contributed by atoms with Crippen LogP contribution in [0.15, 0.2) is 36.4 Å². The molecular weight excluding hydrogens is 413 g/mol. The molecule has 0 aliphatic carbocycles. The Balaban J connectivity index is 0.00000280. The van der Waals surface area contributed by atoms with Crippen LogP contribution in [0.4, 0.5) is 5.13 Å². The lowest BCUT2D eigenvalue weighted by Crippen LogP contribution is -2.33. The van der Waals surface area contributed by atoms with Crippen LogP contribution in [-0.2, 0) is 0 Å². The summed E-state index contributed by atoms with van der Waals surface area (Å²) in [6.07, 6.45) is 0.875. The van der Waals surface area contributed by atoms with E-state index in [4.69, 9.17) is 11.6 Å². The average Bonchev–Trinajstić information content (AvgIpc) is 3.03. The summed E-state index contributed by atoms with van der Waals surface area (Å²) < 4.78 is 0.989. The van der Waals surface area contributed by atoms with Crippen molar-refractivity contribution < 1.29 is 4.79 Å². The van der Waals surface area contributed by atoms with E-state index in [-0.39, 0.29) is 18.3 Å². The fraction of sp³-hybridized carbons (Fsp3) is 0.333. The zero-order valence-electron chi connectivity index (χ0n) is 16.5. The third kappa shape index (κ3) is 5.23.